The summed E-state index contributed by atoms with van der Waals surface area (Å²) in [5.74, 6) is 0. The van der Waals surface area contributed by atoms with Crippen molar-refractivity contribution in [1.82, 2.24) is 0 Å². The molecular weight excluding hydrogens is 143 g/mol. The first-order valence-electron chi connectivity index (χ1n) is 4.27. The topological polar surface area (TPSA) is 17.1 Å². The minimum atomic E-state index is -1.66. The zero-order valence-corrected chi connectivity index (χ0v) is 7.86. The van der Waals surface area contributed by atoms with Gasteiger partial charge in [-0.25, -0.2) is 0 Å². The van der Waals surface area contributed by atoms with Crippen molar-refractivity contribution in [1.29, 1.82) is 0 Å². The van der Waals surface area contributed by atoms with Crippen LogP contribution < -0.4 is 0 Å². The van der Waals surface area contributed by atoms with E-state index in [9.17, 15) is 4.57 Å². The van der Waals surface area contributed by atoms with Crippen molar-refractivity contribution in [2.75, 3.05) is 12.3 Å². The molecule has 0 aromatic rings. The van der Waals surface area contributed by atoms with Gasteiger partial charge >= 0.3 is 0 Å². The van der Waals surface area contributed by atoms with E-state index in [0.29, 0.717) is 5.66 Å². The molecule has 0 spiro atoms. The lowest BCUT2D eigenvalue weighted by atomic mass is 10.4. The van der Waals surface area contributed by atoms with Crippen LogP contribution in [0.4, 0.5) is 0 Å². The van der Waals surface area contributed by atoms with Crippen LogP contribution in [-0.2, 0) is 4.57 Å². The summed E-state index contributed by atoms with van der Waals surface area (Å²) in [4.78, 5) is 0. The normalized spacial score (nSPS) is 26.6. The first-order chi connectivity index (χ1) is 4.69. The Morgan fingerprint density at radius 3 is 2.30 bits per heavy atom. The van der Waals surface area contributed by atoms with Gasteiger partial charge in [0.2, 0.25) is 0 Å². The highest BCUT2D eigenvalue weighted by Gasteiger charge is 2.31. The Balaban J connectivity index is 2.58. The van der Waals surface area contributed by atoms with Gasteiger partial charge in [-0.05, 0) is 19.3 Å². The van der Waals surface area contributed by atoms with Crippen molar-refractivity contribution in [3.8, 4) is 0 Å². The third kappa shape index (κ3) is 1.45. The Labute approximate surface area is 63.6 Å². The molecule has 0 aliphatic carbocycles. The van der Waals surface area contributed by atoms with Crippen molar-refractivity contribution in [3.63, 3.8) is 0 Å². The minimum Gasteiger partial charge on any atom is -0.323 e. The largest absolute Gasteiger partial charge is 0.323 e. The molecule has 10 heavy (non-hydrogen) atoms. The van der Waals surface area contributed by atoms with E-state index in [-0.39, 0.29) is 0 Å². The fraction of sp³-hybridized carbons (Fsp3) is 1.00. The summed E-state index contributed by atoms with van der Waals surface area (Å²) in [5.41, 5.74) is 0.495. The first-order valence-corrected chi connectivity index (χ1v) is 6.41. The molecule has 60 valence electrons. The van der Waals surface area contributed by atoms with E-state index >= 15 is 0 Å². The predicted octanol–water partition coefficient (Wildman–Crippen LogP) is 2.94. The number of hydrogen-bond donors (Lipinski definition) is 0. The van der Waals surface area contributed by atoms with Gasteiger partial charge in [0.25, 0.3) is 0 Å². The molecule has 0 saturated carbocycles. The summed E-state index contributed by atoms with van der Waals surface area (Å²) in [6.45, 7) is 4.29. The lowest BCUT2D eigenvalue weighted by Crippen LogP contribution is -2.02. The highest BCUT2D eigenvalue weighted by atomic mass is 31.2. The second-order valence-electron chi connectivity index (χ2n) is 3.36. The third-order valence-electron chi connectivity index (χ3n) is 2.72. The highest BCUT2D eigenvalue weighted by molar-refractivity contribution is 7.64. The third-order valence-corrected chi connectivity index (χ3v) is 6.84. The van der Waals surface area contributed by atoms with E-state index in [1.807, 2.05) is 0 Å². The van der Waals surface area contributed by atoms with E-state index in [1.165, 1.54) is 12.8 Å². The summed E-state index contributed by atoms with van der Waals surface area (Å²) < 4.78 is 11.9. The van der Waals surface area contributed by atoms with Crippen molar-refractivity contribution in [2.45, 2.75) is 38.8 Å². The molecule has 1 atom stereocenters. The smallest absolute Gasteiger partial charge is 0.0904 e. The fourth-order valence-electron chi connectivity index (χ4n) is 1.64. The Bertz CT molecular complexity index is 143. The zero-order valence-electron chi connectivity index (χ0n) is 6.97. The SMILES string of the molecule is CCC(C)P1(=O)CCCC1. The minimum absolute atomic E-state index is 0.495. The summed E-state index contributed by atoms with van der Waals surface area (Å²) in [6.07, 6.45) is 5.57. The van der Waals surface area contributed by atoms with Crippen LogP contribution in [-0.4, -0.2) is 18.0 Å². The molecule has 2 heteroatoms. The molecule has 1 heterocycles. The van der Waals surface area contributed by atoms with Crippen LogP contribution in [0.2, 0.25) is 0 Å². The molecule has 1 saturated heterocycles. The van der Waals surface area contributed by atoms with Gasteiger partial charge in [0.05, 0.1) is 7.14 Å². The maximum Gasteiger partial charge on any atom is 0.0904 e. The van der Waals surface area contributed by atoms with Gasteiger partial charge < -0.3 is 4.57 Å². The molecule has 0 bridgehead atoms. The summed E-state index contributed by atoms with van der Waals surface area (Å²) in [5, 5.41) is 0. The molecule has 0 radical (unpaired) electrons. The quantitative estimate of drug-likeness (QED) is 0.567. The lowest BCUT2D eigenvalue weighted by molar-refractivity contribution is 0.568. The van der Waals surface area contributed by atoms with E-state index < -0.39 is 7.14 Å². The second-order valence-corrected chi connectivity index (χ2v) is 7.04. The lowest BCUT2D eigenvalue weighted by Gasteiger charge is -2.17. The van der Waals surface area contributed by atoms with E-state index in [1.54, 1.807) is 0 Å². The van der Waals surface area contributed by atoms with Crippen molar-refractivity contribution < 1.29 is 4.57 Å². The average molecular weight is 160 g/mol. The van der Waals surface area contributed by atoms with Crippen LogP contribution in [0.3, 0.4) is 0 Å². The van der Waals surface area contributed by atoms with Crippen LogP contribution in [0.5, 0.6) is 0 Å². The highest BCUT2D eigenvalue weighted by Crippen LogP contribution is 2.56. The number of rotatable bonds is 2. The van der Waals surface area contributed by atoms with Crippen molar-refractivity contribution in [3.05, 3.63) is 0 Å². The maximum absolute atomic E-state index is 11.9. The summed E-state index contributed by atoms with van der Waals surface area (Å²) >= 11 is 0. The summed E-state index contributed by atoms with van der Waals surface area (Å²) in [6, 6.07) is 0. The van der Waals surface area contributed by atoms with E-state index in [0.717, 1.165) is 18.7 Å². The molecule has 0 aromatic carbocycles. The van der Waals surface area contributed by atoms with Gasteiger partial charge in [0.15, 0.2) is 0 Å². The molecule has 1 unspecified atom stereocenters. The second kappa shape index (κ2) is 3.09. The standard InChI is InChI=1S/C8H17OP/c1-3-8(2)10(9)6-4-5-7-10/h8H,3-7H2,1-2H3. The molecule has 1 aliphatic heterocycles. The summed E-state index contributed by atoms with van der Waals surface area (Å²) in [7, 11) is -1.66. The van der Waals surface area contributed by atoms with Crippen LogP contribution in [0.1, 0.15) is 33.1 Å². The van der Waals surface area contributed by atoms with Gasteiger partial charge in [-0.2, -0.15) is 0 Å². The van der Waals surface area contributed by atoms with Gasteiger partial charge in [-0.15, -0.1) is 0 Å². The molecule has 1 rings (SSSR count). The predicted molar refractivity (Wildman–Crippen MR) is 46.3 cm³/mol. The molecular formula is C8H17OP. The van der Waals surface area contributed by atoms with E-state index in [4.69, 9.17) is 0 Å². The van der Waals surface area contributed by atoms with Crippen molar-refractivity contribution in [2.24, 2.45) is 0 Å². The Kier molecular flexibility index (Phi) is 2.57. The average Bonchev–Trinajstić information content (AvgIpc) is 2.36. The zero-order chi connectivity index (χ0) is 7.61. The van der Waals surface area contributed by atoms with Gasteiger partial charge in [0, 0.05) is 18.0 Å². The van der Waals surface area contributed by atoms with E-state index in [2.05, 4.69) is 13.8 Å². The molecule has 1 aliphatic rings. The van der Waals surface area contributed by atoms with Crippen molar-refractivity contribution >= 4 is 7.14 Å². The molecule has 0 N–H and O–H groups in total. The van der Waals surface area contributed by atoms with Crippen LogP contribution in [0.25, 0.3) is 0 Å². The van der Waals surface area contributed by atoms with Crippen LogP contribution in [0.15, 0.2) is 0 Å². The van der Waals surface area contributed by atoms with Crippen LogP contribution in [0, 0.1) is 0 Å². The Morgan fingerprint density at radius 1 is 1.40 bits per heavy atom. The Hall–Kier alpha value is 0.230. The molecule has 1 nitrogen and oxygen atoms in total. The van der Waals surface area contributed by atoms with Gasteiger partial charge in [-0.3, -0.25) is 0 Å². The Morgan fingerprint density at radius 2 is 1.90 bits per heavy atom. The van der Waals surface area contributed by atoms with Gasteiger partial charge in [0.1, 0.15) is 0 Å². The molecule has 1 fully saturated rings. The van der Waals surface area contributed by atoms with Crippen LogP contribution >= 0.6 is 7.14 Å². The maximum atomic E-state index is 11.9. The monoisotopic (exact) mass is 160 g/mol. The molecule has 0 aromatic heterocycles. The first kappa shape index (κ1) is 8.33. The fourth-order valence-corrected chi connectivity index (χ4v) is 4.93. The number of hydrogen-bond acceptors (Lipinski definition) is 1. The van der Waals surface area contributed by atoms with Gasteiger partial charge in [-0.1, -0.05) is 13.8 Å². The molecule has 0 amide bonds.